The van der Waals surface area contributed by atoms with E-state index in [0.717, 1.165) is 37.2 Å². The number of carbonyl (C=O) groups excluding carboxylic acids is 1. The highest BCUT2D eigenvalue weighted by molar-refractivity contribution is 5.77. The molecule has 2 aromatic rings. The van der Waals surface area contributed by atoms with E-state index in [4.69, 9.17) is 0 Å². The lowest BCUT2D eigenvalue weighted by Crippen LogP contribution is -2.33. The van der Waals surface area contributed by atoms with Crippen LogP contribution in [0.15, 0.2) is 48.8 Å². The summed E-state index contributed by atoms with van der Waals surface area (Å²) in [5.41, 5.74) is 1.80. The van der Waals surface area contributed by atoms with E-state index in [1.165, 1.54) is 31.4 Å². The number of likely N-dealkylation sites (tertiary alicyclic amines) is 1. The molecule has 0 aliphatic carbocycles. The third-order valence-electron chi connectivity index (χ3n) is 4.87. The van der Waals surface area contributed by atoms with Crippen molar-refractivity contribution in [3.05, 3.63) is 65.7 Å². The Hall–Kier alpha value is -2.27. The molecule has 2 heterocycles. The molecular weight excluding hydrogens is 329 g/mol. The summed E-state index contributed by atoms with van der Waals surface area (Å²) >= 11 is 0. The minimum absolute atomic E-state index is 0.0214. The summed E-state index contributed by atoms with van der Waals surface area (Å²) in [5, 5.41) is 3.10. The third kappa shape index (κ3) is 5.36. The number of carbonyl (C=O) groups is 1. The number of pyridine rings is 1. The number of rotatable bonds is 7. The Balaban J connectivity index is 1.60. The topological polar surface area (TPSA) is 45.2 Å². The average molecular weight is 355 g/mol. The average Bonchev–Trinajstić information content (AvgIpc) is 2.68. The van der Waals surface area contributed by atoms with Crippen LogP contribution in [-0.4, -0.2) is 35.4 Å². The van der Waals surface area contributed by atoms with Crippen LogP contribution in [0.1, 0.15) is 49.3 Å². The quantitative estimate of drug-likeness (QED) is 0.824. The first-order valence-electron chi connectivity index (χ1n) is 9.39. The largest absolute Gasteiger partial charge is 0.345 e. The molecule has 1 aliphatic heterocycles. The Morgan fingerprint density at radius 3 is 2.38 bits per heavy atom. The van der Waals surface area contributed by atoms with Crippen LogP contribution in [0, 0.1) is 5.82 Å². The number of benzene rings is 1. The van der Waals surface area contributed by atoms with E-state index in [1.807, 2.05) is 12.1 Å². The van der Waals surface area contributed by atoms with Crippen molar-refractivity contribution in [2.24, 2.45) is 0 Å². The summed E-state index contributed by atoms with van der Waals surface area (Å²) in [7, 11) is 0. The van der Waals surface area contributed by atoms with Gasteiger partial charge < -0.3 is 10.2 Å². The monoisotopic (exact) mass is 355 g/mol. The summed E-state index contributed by atoms with van der Waals surface area (Å²) in [4.78, 5) is 19.0. The van der Waals surface area contributed by atoms with Crippen molar-refractivity contribution >= 4 is 5.91 Å². The lowest BCUT2D eigenvalue weighted by molar-refractivity contribution is -0.121. The molecule has 1 N–H and O–H groups in total. The first kappa shape index (κ1) is 18.5. The highest BCUT2D eigenvalue weighted by Crippen LogP contribution is 2.22. The van der Waals surface area contributed by atoms with Crippen molar-refractivity contribution in [2.75, 3.05) is 19.6 Å². The standard InChI is InChI=1S/C21H26FN3O/c22-19-8-6-17(7-9-19)21(18-10-12-23-13-11-18)24-20(26)5-4-16-25-14-2-1-3-15-25/h6-13,21H,1-5,14-16H2,(H,24,26)/t21-/m0/s1. The van der Waals surface area contributed by atoms with Crippen LogP contribution < -0.4 is 5.32 Å². The van der Waals surface area contributed by atoms with E-state index in [0.29, 0.717) is 6.42 Å². The molecule has 26 heavy (non-hydrogen) atoms. The van der Waals surface area contributed by atoms with Gasteiger partial charge in [-0.3, -0.25) is 9.78 Å². The fourth-order valence-corrected chi connectivity index (χ4v) is 3.45. The summed E-state index contributed by atoms with van der Waals surface area (Å²) in [6.45, 7) is 3.28. The van der Waals surface area contributed by atoms with Gasteiger partial charge in [0.15, 0.2) is 0 Å². The number of hydrogen-bond acceptors (Lipinski definition) is 3. The summed E-state index contributed by atoms with van der Waals surface area (Å²) in [5.74, 6) is -0.261. The maximum atomic E-state index is 13.3. The number of aromatic nitrogens is 1. The lowest BCUT2D eigenvalue weighted by Gasteiger charge is -2.26. The van der Waals surface area contributed by atoms with Crippen LogP contribution in [0.5, 0.6) is 0 Å². The summed E-state index contributed by atoms with van der Waals surface area (Å²) in [6, 6.07) is 9.74. The molecule has 0 radical (unpaired) electrons. The van der Waals surface area contributed by atoms with Gasteiger partial charge in [-0.05, 0) is 74.3 Å². The molecule has 3 rings (SSSR count). The summed E-state index contributed by atoms with van der Waals surface area (Å²) < 4.78 is 13.3. The highest BCUT2D eigenvalue weighted by Gasteiger charge is 2.17. The maximum absolute atomic E-state index is 13.3. The van der Waals surface area contributed by atoms with Crippen molar-refractivity contribution in [3.63, 3.8) is 0 Å². The molecule has 1 amide bonds. The van der Waals surface area contributed by atoms with Crippen molar-refractivity contribution < 1.29 is 9.18 Å². The van der Waals surface area contributed by atoms with E-state index in [2.05, 4.69) is 15.2 Å². The number of nitrogens with zero attached hydrogens (tertiary/aromatic N) is 2. The van der Waals surface area contributed by atoms with Gasteiger partial charge in [0.25, 0.3) is 0 Å². The Bertz CT molecular complexity index is 684. The van der Waals surface area contributed by atoms with Gasteiger partial charge in [0.05, 0.1) is 6.04 Å². The SMILES string of the molecule is O=C(CCCN1CCCCC1)N[C@H](c1ccncc1)c1ccc(F)cc1. The van der Waals surface area contributed by atoms with Crippen LogP contribution in [0.3, 0.4) is 0 Å². The van der Waals surface area contributed by atoms with Crippen LogP contribution in [-0.2, 0) is 4.79 Å². The van der Waals surface area contributed by atoms with Crippen LogP contribution in [0.2, 0.25) is 0 Å². The highest BCUT2D eigenvalue weighted by atomic mass is 19.1. The van der Waals surface area contributed by atoms with Gasteiger partial charge in [-0.25, -0.2) is 4.39 Å². The molecule has 5 heteroatoms. The zero-order valence-corrected chi connectivity index (χ0v) is 15.0. The van der Waals surface area contributed by atoms with Gasteiger partial charge >= 0.3 is 0 Å². The van der Waals surface area contributed by atoms with Crippen LogP contribution in [0.4, 0.5) is 4.39 Å². The molecule has 0 saturated carbocycles. The van der Waals surface area contributed by atoms with Gasteiger partial charge in [-0.1, -0.05) is 18.6 Å². The first-order valence-corrected chi connectivity index (χ1v) is 9.39. The van der Waals surface area contributed by atoms with E-state index in [-0.39, 0.29) is 17.8 Å². The van der Waals surface area contributed by atoms with Crippen LogP contribution in [0.25, 0.3) is 0 Å². The van der Waals surface area contributed by atoms with Gasteiger partial charge in [0.1, 0.15) is 5.82 Å². The molecule has 1 aromatic carbocycles. The Morgan fingerprint density at radius 1 is 1.04 bits per heavy atom. The Kier molecular flexibility index (Phi) is 6.72. The Labute approximate surface area is 154 Å². The predicted octanol–water partition coefficient (Wildman–Crippen LogP) is 3.69. The molecule has 4 nitrogen and oxygen atoms in total. The van der Waals surface area contributed by atoms with E-state index in [9.17, 15) is 9.18 Å². The van der Waals surface area contributed by atoms with E-state index >= 15 is 0 Å². The number of piperidine rings is 1. The molecule has 1 aliphatic rings. The Morgan fingerprint density at radius 2 is 1.69 bits per heavy atom. The second-order valence-electron chi connectivity index (χ2n) is 6.84. The molecule has 0 bridgehead atoms. The fraction of sp³-hybridized carbons (Fsp3) is 0.429. The predicted molar refractivity (Wildman–Crippen MR) is 100 cm³/mol. The number of amides is 1. The molecule has 138 valence electrons. The number of nitrogens with one attached hydrogen (secondary N) is 1. The molecule has 1 atom stereocenters. The maximum Gasteiger partial charge on any atom is 0.220 e. The zero-order chi connectivity index (χ0) is 18.2. The van der Waals surface area contributed by atoms with Crippen LogP contribution >= 0.6 is 0 Å². The second-order valence-corrected chi connectivity index (χ2v) is 6.84. The van der Waals surface area contributed by atoms with Crippen molar-refractivity contribution in [3.8, 4) is 0 Å². The molecule has 1 fully saturated rings. The first-order chi connectivity index (χ1) is 12.7. The summed E-state index contributed by atoms with van der Waals surface area (Å²) in [6.07, 6.45) is 8.62. The molecule has 0 unspecified atom stereocenters. The molecular formula is C21H26FN3O. The fourth-order valence-electron chi connectivity index (χ4n) is 3.45. The number of hydrogen-bond donors (Lipinski definition) is 1. The van der Waals surface area contributed by atoms with E-state index in [1.54, 1.807) is 24.5 Å². The van der Waals surface area contributed by atoms with E-state index < -0.39 is 0 Å². The molecule has 0 spiro atoms. The van der Waals surface area contributed by atoms with Crippen molar-refractivity contribution in [1.29, 1.82) is 0 Å². The molecule has 1 saturated heterocycles. The van der Waals surface area contributed by atoms with Gasteiger partial charge in [0.2, 0.25) is 5.91 Å². The number of halogens is 1. The second kappa shape index (κ2) is 9.43. The van der Waals surface area contributed by atoms with Gasteiger partial charge in [0, 0.05) is 18.8 Å². The van der Waals surface area contributed by atoms with Crippen molar-refractivity contribution in [2.45, 2.75) is 38.1 Å². The smallest absolute Gasteiger partial charge is 0.220 e. The lowest BCUT2D eigenvalue weighted by atomic mass is 9.99. The third-order valence-corrected chi connectivity index (χ3v) is 4.87. The normalized spacial score (nSPS) is 16.2. The minimum atomic E-state index is -0.291. The van der Waals surface area contributed by atoms with Gasteiger partial charge in [-0.2, -0.15) is 0 Å². The van der Waals surface area contributed by atoms with Gasteiger partial charge in [-0.15, -0.1) is 0 Å². The van der Waals surface area contributed by atoms with Crippen molar-refractivity contribution in [1.82, 2.24) is 15.2 Å². The molecule has 1 aromatic heterocycles. The minimum Gasteiger partial charge on any atom is -0.345 e. The zero-order valence-electron chi connectivity index (χ0n) is 15.0.